The number of hydrogen-bond acceptors (Lipinski definition) is 5. The Bertz CT molecular complexity index is 521. The third-order valence-corrected chi connectivity index (χ3v) is 2.95. The monoisotopic (exact) mass is 302 g/mol. The number of nitro benzene ring substituents is 1. The van der Waals surface area contributed by atoms with Gasteiger partial charge in [-0.3, -0.25) is 10.1 Å². The Kier molecular flexibility index (Phi) is 5.72. The molecule has 0 spiro atoms. The Morgan fingerprint density at radius 1 is 1.55 bits per heavy atom. The number of aromatic carboxylic acids is 1. The molecule has 0 bridgehead atoms. The number of hydrogen-bond donors (Lipinski definition) is 3. The van der Waals surface area contributed by atoms with Crippen LogP contribution in [0.1, 0.15) is 30.1 Å². The van der Waals surface area contributed by atoms with Gasteiger partial charge in [-0.2, -0.15) is 0 Å². The molecule has 0 fully saturated rings. The van der Waals surface area contributed by atoms with Gasteiger partial charge in [-0.1, -0.05) is 24.9 Å². The second-order valence-electron chi connectivity index (χ2n) is 4.24. The summed E-state index contributed by atoms with van der Waals surface area (Å²) in [5, 5.41) is 32.0. The van der Waals surface area contributed by atoms with E-state index in [2.05, 4.69) is 5.32 Å². The van der Waals surface area contributed by atoms with Crippen molar-refractivity contribution in [3.63, 3.8) is 0 Å². The summed E-state index contributed by atoms with van der Waals surface area (Å²) in [6.45, 7) is 2.02. The molecule has 0 aromatic heterocycles. The van der Waals surface area contributed by atoms with E-state index < -0.39 is 22.7 Å². The topological polar surface area (TPSA) is 113 Å². The van der Waals surface area contributed by atoms with Gasteiger partial charge in [-0.25, -0.2) is 4.79 Å². The lowest BCUT2D eigenvalue weighted by Gasteiger charge is -2.14. The Balaban J connectivity index is 3.05. The molecule has 0 aliphatic heterocycles. The molecule has 1 atom stereocenters. The number of carboxylic acid groups (broad SMARTS) is 1. The Morgan fingerprint density at radius 2 is 2.20 bits per heavy atom. The minimum Gasteiger partial charge on any atom is -0.478 e. The number of aliphatic hydroxyl groups excluding tert-OH is 1. The van der Waals surface area contributed by atoms with E-state index in [0.29, 0.717) is 6.42 Å². The van der Waals surface area contributed by atoms with E-state index in [1.165, 1.54) is 0 Å². The largest absolute Gasteiger partial charge is 0.478 e. The molecule has 0 amide bonds. The van der Waals surface area contributed by atoms with Crippen LogP contribution in [0, 0.1) is 10.1 Å². The summed E-state index contributed by atoms with van der Waals surface area (Å²) in [5.74, 6) is -1.33. The number of rotatable bonds is 7. The number of nitrogens with one attached hydrogen (secondary N) is 1. The normalized spacial score (nSPS) is 11.9. The van der Waals surface area contributed by atoms with Crippen molar-refractivity contribution in [3.8, 4) is 0 Å². The minimum atomic E-state index is -1.33. The zero-order valence-corrected chi connectivity index (χ0v) is 11.6. The summed E-state index contributed by atoms with van der Waals surface area (Å²) in [6, 6.07) is 2.01. The number of carboxylic acids is 1. The number of nitrogens with zero attached hydrogens (tertiary/aromatic N) is 1. The molecule has 0 saturated heterocycles. The van der Waals surface area contributed by atoms with Crippen LogP contribution in [-0.4, -0.2) is 33.8 Å². The fourth-order valence-electron chi connectivity index (χ4n) is 1.70. The van der Waals surface area contributed by atoms with Gasteiger partial charge in [-0.05, 0) is 6.42 Å². The van der Waals surface area contributed by atoms with Crippen LogP contribution in [0.5, 0.6) is 0 Å². The summed E-state index contributed by atoms with van der Waals surface area (Å²) in [5.41, 5.74) is -0.625. The van der Waals surface area contributed by atoms with Crippen molar-refractivity contribution in [1.29, 1.82) is 0 Å². The van der Waals surface area contributed by atoms with Crippen molar-refractivity contribution < 1.29 is 19.9 Å². The molecule has 0 aliphatic rings. The van der Waals surface area contributed by atoms with E-state index in [0.717, 1.165) is 18.6 Å². The molecular weight excluding hydrogens is 288 g/mol. The summed E-state index contributed by atoms with van der Waals surface area (Å²) in [4.78, 5) is 21.1. The SMILES string of the molecule is CCCC(O)CNc1c(Cl)cc([N+](=O)[O-])cc1C(=O)O. The van der Waals surface area contributed by atoms with E-state index in [9.17, 15) is 20.0 Å². The van der Waals surface area contributed by atoms with Crippen LogP contribution in [0.4, 0.5) is 11.4 Å². The highest BCUT2D eigenvalue weighted by molar-refractivity contribution is 6.34. The first-order valence-corrected chi connectivity index (χ1v) is 6.37. The predicted molar refractivity (Wildman–Crippen MR) is 74.5 cm³/mol. The lowest BCUT2D eigenvalue weighted by Crippen LogP contribution is -2.20. The van der Waals surface area contributed by atoms with Gasteiger partial charge < -0.3 is 15.5 Å². The van der Waals surface area contributed by atoms with Crippen LogP contribution in [0.25, 0.3) is 0 Å². The highest BCUT2D eigenvalue weighted by Gasteiger charge is 2.20. The molecule has 0 aliphatic carbocycles. The van der Waals surface area contributed by atoms with Gasteiger partial charge in [0.1, 0.15) is 0 Å². The number of anilines is 1. The molecule has 1 aromatic rings. The molecule has 1 aromatic carbocycles. The number of halogens is 1. The average molecular weight is 303 g/mol. The van der Waals surface area contributed by atoms with E-state index in [-0.39, 0.29) is 22.8 Å². The quantitative estimate of drug-likeness (QED) is 0.527. The molecule has 1 unspecified atom stereocenters. The number of non-ortho nitro benzene ring substituents is 1. The maximum Gasteiger partial charge on any atom is 0.338 e. The Labute approximate surface area is 120 Å². The number of carbonyl (C=O) groups is 1. The summed E-state index contributed by atoms with van der Waals surface area (Å²) in [7, 11) is 0. The van der Waals surface area contributed by atoms with Gasteiger partial charge in [0.2, 0.25) is 0 Å². The first kappa shape index (κ1) is 16.2. The first-order valence-electron chi connectivity index (χ1n) is 6.00. The average Bonchev–Trinajstić information content (AvgIpc) is 2.36. The van der Waals surface area contributed by atoms with Crippen molar-refractivity contribution in [2.24, 2.45) is 0 Å². The van der Waals surface area contributed by atoms with Crippen molar-refractivity contribution in [3.05, 3.63) is 32.8 Å². The molecule has 8 heteroatoms. The zero-order chi connectivity index (χ0) is 15.3. The number of aliphatic hydroxyl groups is 1. The third-order valence-electron chi connectivity index (χ3n) is 2.65. The third kappa shape index (κ3) is 4.07. The summed E-state index contributed by atoms with van der Waals surface area (Å²) >= 11 is 5.87. The number of nitro groups is 1. The fourth-order valence-corrected chi connectivity index (χ4v) is 1.98. The second-order valence-corrected chi connectivity index (χ2v) is 4.64. The molecule has 3 N–H and O–H groups in total. The van der Waals surface area contributed by atoms with Gasteiger partial charge in [0, 0.05) is 18.7 Å². The predicted octanol–water partition coefficient (Wildman–Crippen LogP) is 2.52. The standard InChI is InChI=1S/C12H15ClN2O5/c1-2-3-8(16)6-14-11-9(12(17)18)4-7(15(19)20)5-10(11)13/h4-5,8,14,16H,2-3,6H2,1H3,(H,17,18). The molecule has 1 rings (SSSR count). The van der Waals surface area contributed by atoms with Gasteiger partial charge >= 0.3 is 5.97 Å². The van der Waals surface area contributed by atoms with Crippen LogP contribution in [0.2, 0.25) is 5.02 Å². The maximum atomic E-state index is 11.1. The van der Waals surface area contributed by atoms with Crippen molar-refractivity contribution in [2.45, 2.75) is 25.9 Å². The van der Waals surface area contributed by atoms with E-state index in [1.54, 1.807) is 0 Å². The Hall–Kier alpha value is -1.86. The van der Waals surface area contributed by atoms with Gasteiger partial charge in [0.15, 0.2) is 0 Å². The van der Waals surface area contributed by atoms with E-state index in [4.69, 9.17) is 16.7 Å². The Morgan fingerprint density at radius 3 is 2.70 bits per heavy atom. The molecule has 0 radical (unpaired) electrons. The highest BCUT2D eigenvalue weighted by atomic mass is 35.5. The minimum absolute atomic E-state index is 0.0692. The van der Waals surface area contributed by atoms with Crippen molar-refractivity contribution >= 4 is 28.9 Å². The maximum absolute atomic E-state index is 11.1. The molecule has 7 nitrogen and oxygen atoms in total. The van der Waals surface area contributed by atoms with Crippen LogP contribution in [-0.2, 0) is 0 Å². The second kappa shape index (κ2) is 7.06. The number of benzene rings is 1. The lowest BCUT2D eigenvalue weighted by atomic mass is 10.1. The van der Waals surface area contributed by atoms with Crippen molar-refractivity contribution in [1.82, 2.24) is 0 Å². The zero-order valence-electron chi connectivity index (χ0n) is 10.8. The lowest BCUT2D eigenvalue weighted by molar-refractivity contribution is -0.384. The van der Waals surface area contributed by atoms with E-state index >= 15 is 0 Å². The van der Waals surface area contributed by atoms with Crippen LogP contribution >= 0.6 is 11.6 Å². The highest BCUT2D eigenvalue weighted by Crippen LogP contribution is 2.31. The summed E-state index contributed by atoms with van der Waals surface area (Å²) < 4.78 is 0. The van der Waals surface area contributed by atoms with Gasteiger partial charge in [-0.15, -0.1) is 0 Å². The van der Waals surface area contributed by atoms with Crippen LogP contribution in [0.15, 0.2) is 12.1 Å². The van der Waals surface area contributed by atoms with Crippen molar-refractivity contribution in [2.75, 3.05) is 11.9 Å². The summed E-state index contributed by atoms with van der Waals surface area (Å²) in [6.07, 6.45) is 0.690. The van der Waals surface area contributed by atoms with Crippen LogP contribution in [0.3, 0.4) is 0 Å². The fraction of sp³-hybridized carbons (Fsp3) is 0.417. The molecule has 110 valence electrons. The van der Waals surface area contributed by atoms with Gasteiger partial charge in [0.05, 0.1) is 27.3 Å². The molecule has 20 heavy (non-hydrogen) atoms. The first-order chi connectivity index (χ1) is 9.36. The smallest absolute Gasteiger partial charge is 0.338 e. The van der Waals surface area contributed by atoms with Gasteiger partial charge in [0.25, 0.3) is 5.69 Å². The molecule has 0 heterocycles. The van der Waals surface area contributed by atoms with Crippen LogP contribution < -0.4 is 5.32 Å². The van der Waals surface area contributed by atoms with E-state index in [1.807, 2.05) is 6.92 Å². The molecule has 0 saturated carbocycles. The molecular formula is C12H15ClN2O5.